The summed E-state index contributed by atoms with van der Waals surface area (Å²) >= 11 is 0. The molecule has 1 aliphatic heterocycles. The van der Waals surface area contributed by atoms with Gasteiger partial charge in [-0.05, 0) is 24.5 Å². The molecule has 0 unspecified atom stereocenters. The number of aromatic nitrogens is 1. The molecule has 0 spiro atoms. The van der Waals surface area contributed by atoms with E-state index < -0.39 is 0 Å². The van der Waals surface area contributed by atoms with Crippen LogP contribution in [-0.2, 0) is 6.54 Å². The molecule has 0 fully saturated rings. The summed E-state index contributed by atoms with van der Waals surface area (Å²) in [5, 5.41) is 0. The number of fused-ring (bicyclic) bond motifs is 1. The van der Waals surface area contributed by atoms with Crippen molar-refractivity contribution < 1.29 is 0 Å². The van der Waals surface area contributed by atoms with E-state index >= 15 is 0 Å². The first kappa shape index (κ1) is 6.02. The highest BCUT2D eigenvalue weighted by atomic mass is 15.1. The fourth-order valence-corrected chi connectivity index (χ4v) is 1.79. The van der Waals surface area contributed by atoms with Gasteiger partial charge in [0.1, 0.15) is 0 Å². The van der Waals surface area contributed by atoms with E-state index in [1.807, 2.05) is 0 Å². The summed E-state index contributed by atoms with van der Waals surface area (Å²) in [7, 11) is 0. The number of aryl methyl sites for hydroxylation is 1. The minimum Gasteiger partial charge on any atom is -0.340 e. The van der Waals surface area contributed by atoms with Gasteiger partial charge in [0.2, 0.25) is 0 Å². The Morgan fingerprint density at radius 3 is 2.50 bits per heavy atom. The summed E-state index contributed by atoms with van der Waals surface area (Å²) in [4.78, 5) is 0. The van der Waals surface area contributed by atoms with Crippen molar-refractivity contribution in [3.8, 4) is 0 Å². The first-order valence-electron chi connectivity index (χ1n) is 3.89. The van der Waals surface area contributed by atoms with E-state index in [0.29, 0.717) is 5.92 Å². The van der Waals surface area contributed by atoms with Crippen LogP contribution in [0.2, 0.25) is 0 Å². The lowest BCUT2D eigenvalue weighted by Crippen LogP contribution is -1.93. The van der Waals surface area contributed by atoms with Crippen molar-refractivity contribution in [2.24, 2.45) is 0 Å². The Labute approximate surface area is 61.7 Å². The lowest BCUT2D eigenvalue weighted by molar-refractivity contribution is 0.783. The number of rotatable bonds is 1. The molecule has 0 atom stereocenters. The first-order valence-corrected chi connectivity index (χ1v) is 3.89. The van der Waals surface area contributed by atoms with Crippen LogP contribution in [-0.4, -0.2) is 4.57 Å². The van der Waals surface area contributed by atoms with Crippen LogP contribution in [0.1, 0.15) is 36.7 Å². The first-order chi connectivity index (χ1) is 4.70. The molecule has 0 N–H and O–H groups in total. The summed E-state index contributed by atoms with van der Waals surface area (Å²) < 4.78 is 2.40. The Morgan fingerprint density at radius 1 is 1.50 bits per heavy atom. The van der Waals surface area contributed by atoms with Gasteiger partial charge in [0.25, 0.3) is 0 Å². The molecular formula is C9H13N. The molecule has 0 aliphatic carbocycles. The second kappa shape index (κ2) is 1.66. The molecule has 0 saturated carbocycles. The Bertz CT molecular complexity index is 265. The van der Waals surface area contributed by atoms with E-state index in [1.54, 1.807) is 0 Å². The normalized spacial score (nSPS) is 14.0. The monoisotopic (exact) mass is 135 g/mol. The van der Waals surface area contributed by atoms with Crippen molar-refractivity contribution in [3.05, 3.63) is 23.0 Å². The van der Waals surface area contributed by atoms with Crippen molar-refractivity contribution >= 4 is 0 Å². The van der Waals surface area contributed by atoms with E-state index in [2.05, 4.69) is 31.4 Å². The summed E-state index contributed by atoms with van der Waals surface area (Å²) in [5.41, 5.74) is 4.52. The van der Waals surface area contributed by atoms with Crippen molar-refractivity contribution in [2.45, 2.75) is 33.2 Å². The second-order valence-corrected chi connectivity index (χ2v) is 3.44. The summed E-state index contributed by atoms with van der Waals surface area (Å²) in [6.45, 7) is 7.92. The third-order valence-corrected chi connectivity index (χ3v) is 2.19. The average molecular weight is 135 g/mol. The van der Waals surface area contributed by atoms with Gasteiger partial charge in [-0.15, -0.1) is 0 Å². The molecule has 2 heterocycles. The predicted octanol–water partition coefficient (Wildman–Crippen LogP) is 2.28. The maximum atomic E-state index is 2.40. The van der Waals surface area contributed by atoms with Gasteiger partial charge in [-0.1, -0.05) is 13.8 Å². The Kier molecular flexibility index (Phi) is 0.997. The van der Waals surface area contributed by atoms with Gasteiger partial charge in [0.15, 0.2) is 0 Å². The Morgan fingerprint density at radius 2 is 2.20 bits per heavy atom. The number of nitrogens with zero attached hydrogens (tertiary/aromatic N) is 1. The summed E-state index contributed by atoms with van der Waals surface area (Å²) in [6, 6.07) is 2.30. The molecule has 1 aromatic heterocycles. The summed E-state index contributed by atoms with van der Waals surface area (Å²) in [6.07, 6.45) is 0. The molecule has 1 aromatic rings. The SMILES string of the molecule is Cc1cc2n(c1C(C)C)C2. The van der Waals surface area contributed by atoms with Crippen LogP contribution in [0.4, 0.5) is 0 Å². The molecular weight excluding hydrogens is 122 g/mol. The lowest BCUT2D eigenvalue weighted by Gasteiger charge is -2.04. The van der Waals surface area contributed by atoms with Crippen molar-refractivity contribution in [1.82, 2.24) is 4.57 Å². The minimum absolute atomic E-state index is 0.691. The lowest BCUT2D eigenvalue weighted by atomic mass is 10.1. The predicted molar refractivity (Wildman–Crippen MR) is 42.4 cm³/mol. The zero-order chi connectivity index (χ0) is 7.30. The highest BCUT2D eigenvalue weighted by Gasteiger charge is 2.23. The van der Waals surface area contributed by atoms with E-state index in [1.165, 1.54) is 23.5 Å². The summed E-state index contributed by atoms with van der Waals surface area (Å²) in [5.74, 6) is 0.691. The van der Waals surface area contributed by atoms with Crippen molar-refractivity contribution in [3.63, 3.8) is 0 Å². The number of hydrogen-bond acceptors (Lipinski definition) is 0. The van der Waals surface area contributed by atoms with Gasteiger partial charge < -0.3 is 4.57 Å². The molecule has 1 nitrogen and oxygen atoms in total. The van der Waals surface area contributed by atoms with Crippen molar-refractivity contribution in [1.29, 1.82) is 0 Å². The molecule has 0 radical (unpaired) electrons. The maximum Gasteiger partial charge on any atom is 0.0629 e. The average Bonchev–Trinajstić information content (AvgIpc) is 2.42. The van der Waals surface area contributed by atoms with Gasteiger partial charge in [0, 0.05) is 11.4 Å². The fraction of sp³-hybridized carbons (Fsp3) is 0.556. The van der Waals surface area contributed by atoms with Gasteiger partial charge in [0.05, 0.1) is 6.54 Å². The smallest absolute Gasteiger partial charge is 0.0629 e. The highest BCUT2D eigenvalue weighted by Crippen LogP contribution is 2.31. The van der Waals surface area contributed by atoms with Crippen LogP contribution < -0.4 is 0 Å². The van der Waals surface area contributed by atoms with Crippen LogP contribution in [0.15, 0.2) is 6.07 Å². The number of hydrogen-bond donors (Lipinski definition) is 0. The zero-order valence-electron chi connectivity index (χ0n) is 6.81. The molecule has 54 valence electrons. The van der Waals surface area contributed by atoms with Crippen LogP contribution in [0.5, 0.6) is 0 Å². The van der Waals surface area contributed by atoms with Gasteiger partial charge in [-0.25, -0.2) is 0 Å². The minimum atomic E-state index is 0.691. The standard InChI is InChI=1S/C9H13N/c1-6(2)9-7(3)4-8-5-10(8)9/h4,6H,5H2,1-3H3. The molecule has 2 rings (SSSR count). The third kappa shape index (κ3) is 0.634. The van der Waals surface area contributed by atoms with Crippen LogP contribution in [0.3, 0.4) is 0 Å². The van der Waals surface area contributed by atoms with E-state index in [0.717, 1.165) is 0 Å². The Hall–Kier alpha value is -0.720. The van der Waals surface area contributed by atoms with Crippen LogP contribution >= 0.6 is 0 Å². The Balaban J connectivity index is 2.50. The van der Waals surface area contributed by atoms with Gasteiger partial charge >= 0.3 is 0 Å². The second-order valence-electron chi connectivity index (χ2n) is 3.44. The van der Waals surface area contributed by atoms with E-state index in [-0.39, 0.29) is 0 Å². The van der Waals surface area contributed by atoms with Crippen molar-refractivity contribution in [2.75, 3.05) is 0 Å². The zero-order valence-corrected chi connectivity index (χ0v) is 6.81. The quantitative estimate of drug-likeness (QED) is 0.565. The van der Waals surface area contributed by atoms with Crippen LogP contribution in [0.25, 0.3) is 0 Å². The molecule has 10 heavy (non-hydrogen) atoms. The fourth-order valence-electron chi connectivity index (χ4n) is 1.79. The topological polar surface area (TPSA) is 4.93 Å². The molecule has 1 aliphatic rings. The molecule has 0 aromatic carbocycles. The molecule has 0 amide bonds. The molecule has 0 bridgehead atoms. The third-order valence-electron chi connectivity index (χ3n) is 2.19. The molecule has 1 heteroatoms. The van der Waals surface area contributed by atoms with Crippen LogP contribution in [0, 0.1) is 6.92 Å². The van der Waals surface area contributed by atoms with E-state index in [4.69, 9.17) is 0 Å². The van der Waals surface area contributed by atoms with Gasteiger partial charge in [-0.3, -0.25) is 0 Å². The highest BCUT2D eigenvalue weighted by molar-refractivity contribution is 5.36. The molecule has 0 saturated heterocycles. The maximum absolute atomic E-state index is 2.40. The van der Waals surface area contributed by atoms with E-state index in [9.17, 15) is 0 Å². The van der Waals surface area contributed by atoms with Gasteiger partial charge in [-0.2, -0.15) is 0 Å². The largest absolute Gasteiger partial charge is 0.340 e.